The molecule has 1 amide bonds. The minimum Gasteiger partial charge on any atom is -0.356 e. The van der Waals surface area contributed by atoms with E-state index in [0.717, 1.165) is 37.8 Å². The average Bonchev–Trinajstić information content (AvgIpc) is 2.77. The van der Waals surface area contributed by atoms with Crippen molar-refractivity contribution in [3.63, 3.8) is 0 Å². The number of nitrogens with one attached hydrogen (secondary N) is 2. The van der Waals surface area contributed by atoms with Crippen LogP contribution in [0, 0.1) is 3.57 Å². The summed E-state index contributed by atoms with van der Waals surface area (Å²) < 4.78 is 0.926. The Morgan fingerprint density at radius 3 is 3.05 bits per heavy atom. The van der Waals surface area contributed by atoms with Crippen molar-refractivity contribution in [2.45, 2.75) is 11.6 Å². The molecule has 19 heavy (non-hydrogen) atoms. The molecule has 3 heterocycles. The number of carbonyl (C=O) groups is 1. The van der Waals surface area contributed by atoms with Crippen molar-refractivity contribution in [3.8, 4) is 11.4 Å². The molecule has 0 fully saturated rings. The fraction of sp³-hybridized carbons (Fsp3) is 0.250. The lowest BCUT2D eigenvalue weighted by atomic mass is 10.1. The molecule has 0 aromatic carbocycles. The normalized spacial score (nSPS) is 14.1. The Bertz CT molecular complexity index is 655. The molecule has 0 atom stereocenters. The summed E-state index contributed by atoms with van der Waals surface area (Å²) in [6.07, 6.45) is 4.51. The molecule has 5 nitrogen and oxygen atoms in total. The zero-order valence-electron chi connectivity index (χ0n) is 10.2. The van der Waals surface area contributed by atoms with Crippen LogP contribution in [0.4, 0.5) is 0 Å². The van der Waals surface area contributed by atoms with E-state index in [0.29, 0.717) is 6.54 Å². The Hall–Kier alpha value is -1.09. The second kappa shape index (κ2) is 5.12. The molecule has 2 aromatic heterocycles. The third-order valence-corrected chi connectivity index (χ3v) is 4.62. The highest BCUT2D eigenvalue weighted by Gasteiger charge is 2.25. The predicted molar refractivity (Wildman–Crippen MR) is 82.4 cm³/mol. The molecule has 3 rings (SSSR count). The van der Waals surface area contributed by atoms with Crippen molar-refractivity contribution >= 4 is 40.3 Å². The average molecular weight is 386 g/mol. The lowest BCUT2D eigenvalue weighted by molar-refractivity contribution is 0.0945. The summed E-state index contributed by atoms with van der Waals surface area (Å²) in [5, 5.41) is 3.59. The molecule has 1 aliphatic heterocycles. The highest BCUT2D eigenvalue weighted by Crippen LogP contribution is 2.30. The van der Waals surface area contributed by atoms with Crippen molar-refractivity contribution in [2.75, 3.05) is 12.8 Å². The number of hydrogen-bond acceptors (Lipinski definition) is 4. The molecular formula is C12H11IN4OS. The molecule has 0 bridgehead atoms. The van der Waals surface area contributed by atoms with Crippen molar-refractivity contribution in [3.05, 3.63) is 27.1 Å². The van der Waals surface area contributed by atoms with E-state index in [2.05, 4.69) is 42.9 Å². The van der Waals surface area contributed by atoms with Crippen LogP contribution in [0.25, 0.3) is 11.4 Å². The summed E-state index contributed by atoms with van der Waals surface area (Å²) in [5.74, 6) is -0.00713. The lowest BCUT2D eigenvalue weighted by Gasteiger charge is -2.11. The number of rotatable bonds is 2. The quantitative estimate of drug-likeness (QED) is 0.471. The monoisotopic (exact) mass is 386 g/mol. The number of fused-ring (bicyclic) bond motifs is 1. The summed E-state index contributed by atoms with van der Waals surface area (Å²) in [6.45, 7) is 0.682. The number of aromatic amines is 1. The molecule has 7 heteroatoms. The molecule has 0 unspecified atom stereocenters. The van der Waals surface area contributed by atoms with E-state index in [1.165, 1.54) is 11.8 Å². The molecule has 0 saturated carbocycles. The van der Waals surface area contributed by atoms with Crippen LogP contribution >= 0.6 is 34.4 Å². The standard InChI is InChI=1S/C12H11IN4OS/c1-19-12-15-5-3-7(17-12)10-9(13)8-6(16-10)2-4-14-11(8)18/h3,5,16H,2,4H2,1H3,(H,14,18). The van der Waals surface area contributed by atoms with Gasteiger partial charge < -0.3 is 10.3 Å². The van der Waals surface area contributed by atoms with Crippen LogP contribution in [0.3, 0.4) is 0 Å². The highest BCUT2D eigenvalue weighted by atomic mass is 127. The molecule has 0 saturated heterocycles. The van der Waals surface area contributed by atoms with E-state index in [9.17, 15) is 4.79 Å². The Kier molecular flexibility index (Phi) is 3.48. The Balaban J connectivity index is 2.13. The molecule has 0 aliphatic carbocycles. The summed E-state index contributed by atoms with van der Waals surface area (Å²) >= 11 is 3.70. The predicted octanol–water partition coefficient (Wildman–Crippen LogP) is 2.08. The SMILES string of the molecule is CSc1nccc(-c2[nH]c3c(c2I)C(=O)NCC3)n1. The smallest absolute Gasteiger partial charge is 0.254 e. The molecule has 98 valence electrons. The second-order valence-corrected chi connectivity index (χ2v) is 5.95. The first kappa shape index (κ1) is 12.9. The zero-order valence-corrected chi connectivity index (χ0v) is 13.1. The van der Waals surface area contributed by atoms with Gasteiger partial charge >= 0.3 is 0 Å². The first-order valence-electron chi connectivity index (χ1n) is 5.76. The Morgan fingerprint density at radius 2 is 2.32 bits per heavy atom. The summed E-state index contributed by atoms with van der Waals surface area (Å²) in [4.78, 5) is 23.9. The van der Waals surface area contributed by atoms with Crippen LogP contribution in [0.1, 0.15) is 16.1 Å². The van der Waals surface area contributed by atoms with E-state index < -0.39 is 0 Å². The van der Waals surface area contributed by atoms with Gasteiger partial charge in [0.15, 0.2) is 5.16 Å². The van der Waals surface area contributed by atoms with Crippen LogP contribution in [0.15, 0.2) is 17.4 Å². The number of H-pyrrole nitrogens is 1. The number of nitrogens with zero attached hydrogens (tertiary/aromatic N) is 2. The van der Waals surface area contributed by atoms with Gasteiger partial charge in [-0.05, 0) is 34.9 Å². The van der Waals surface area contributed by atoms with Crippen molar-refractivity contribution in [1.82, 2.24) is 20.3 Å². The summed E-state index contributed by atoms with van der Waals surface area (Å²) in [5.41, 5.74) is 3.48. The van der Waals surface area contributed by atoms with Gasteiger partial charge in [0.25, 0.3) is 5.91 Å². The minimum atomic E-state index is -0.00713. The maximum atomic E-state index is 11.9. The minimum absolute atomic E-state index is 0.00713. The van der Waals surface area contributed by atoms with Gasteiger partial charge in [0, 0.05) is 24.9 Å². The third-order valence-electron chi connectivity index (χ3n) is 2.98. The van der Waals surface area contributed by atoms with Crippen LogP contribution in [0.2, 0.25) is 0 Å². The van der Waals surface area contributed by atoms with Crippen LogP contribution < -0.4 is 5.32 Å². The van der Waals surface area contributed by atoms with Crippen molar-refractivity contribution in [1.29, 1.82) is 0 Å². The number of hydrogen-bond donors (Lipinski definition) is 2. The zero-order chi connectivity index (χ0) is 13.4. The van der Waals surface area contributed by atoms with Crippen molar-refractivity contribution in [2.24, 2.45) is 0 Å². The lowest BCUT2D eigenvalue weighted by Crippen LogP contribution is -2.31. The second-order valence-electron chi connectivity index (χ2n) is 4.10. The van der Waals surface area contributed by atoms with Crippen LogP contribution in [-0.4, -0.2) is 33.7 Å². The topological polar surface area (TPSA) is 70.7 Å². The molecule has 1 aliphatic rings. The van der Waals surface area contributed by atoms with E-state index >= 15 is 0 Å². The first-order valence-corrected chi connectivity index (χ1v) is 8.07. The van der Waals surface area contributed by atoms with E-state index in [1.54, 1.807) is 6.20 Å². The number of thioether (sulfide) groups is 1. The molecule has 2 aromatic rings. The van der Waals surface area contributed by atoms with Gasteiger partial charge in [-0.2, -0.15) is 0 Å². The van der Waals surface area contributed by atoms with Gasteiger partial charge in [0.05, 0.1) is 20.5 Å². The first-order chi connectivity index (χ1) is 9.20. The number of carbonyl (C=O) groups excluding carboxylic acids is 1. The fourth-order valence-corrected chi connectivity index (χ4v) is 3.43. The van der Waals surface area contributed by atoms with Crippen LogP contribution in [-0.2, 0) is 6.42 Å². The maximum Gasteiger partial charge on any atom is 0.254 e. The molecule has 2 N–H and O–H groups in total. The van der Waals surface area contributed by atoms with E-state index in [4.69, 9.17) is 0 Å². The molecule has 0 radical (unpaired) electrons. The van der Waals surface area contributed by atoms with E-state index in [-0.39, 0.29) is 5.91 Å². The van der Waals surface area contributed by atoms with Crippen LogP contribution in [0.5, 0.6) is 0 Å². The van der Waals surface area contributed by atoms with Gasteiger partial charge in [-0.3, -0.25) is 4.79 Å². The molecular weight excluding hydrogens is 375 g/mol. The van der Waals surface area contributed by atoms with E-state index in [1.807, 2.05) is 12.3 Å². The molecule has 0 spiro atoms. The number of halogens is 1. The summed E-state index contributed by atoms with van der Waals surface area (Å²) in [7, 11) is 0. The fourth-order valence-electron chi connectivity index (χ4n) is 2.09. The number of amides is 1. The Morgan fingerprint density at radius 1 is 1.47 bits per heavy atom. The van der Waals surface area contributed by atoms with Gasteiger partial charge in [-0.1, -0.05) is 11.8 Å². The summed E-state index contributed by atoms with van der Waals surface area (Å²) in [6, 6.07) is 1.86. The van der Waals surface area contributed by atoms with Gasteiger partial charge in [0.1, 0.15) is 0 Å². The number of aromatic nitrogens is 3. The van der Waals surface area contributed by atoms with Gasteiger partial charge in [-0.15, -0.1) is 0 Å². The highest BCUT2D eigenvalue weighted by molar-refractivity contribution is 14.1. The van der Waals surface area contributed by atoms with Gasteiger partial charge in [-0.25, -0.2) is 9.97 Å². The largest absolute Gasteiger partial charge is 0.356 e. The van der Waals surface area contributed by atoms with Gasteiger partial charge in [0.2, 0.25) is 0 Å². The Labute approximate surface area is 128 Å². The maximum absolute atomic E-state index is 11.9. The third kappa shape index (κ3) is 2.25. The van der Waals surface area contributed by atoms with Crippen molar-refractivity contribution < 1.29 is 4.79 Å².